The van der Waals surface area contributed by atoms with Gasteiger partial charge in [0.05, 0.1) is 13.1 Å². The van der Waals surface area contributed by atoms with Crippen LogP contribution in [0.25, 0.3) is 0 Å². The van der Waals surface area contributed by atoms with Gasteiger partial charge in [0.1, 0.15) is 12.3 Å². The number of quaternary nitrogens is 1. The Balaban J connectivity index is 0.00000320. The maximum Gasteiger partial charge on any atom is 0.348 e. The highest BCUT2D eigenvalue weighted by molar-refractivity contribution is 6.31. The molecule has 0 saturated carbocycles. The molecule has 1 unspecified atom stereocenters. The summed E-state index contributed by atoms with van der Waals surface area (Å²) >= 11 is 6.43. The topological polar surface area (TPSA) is 102 Å². The van der Waals surface area contributed by atoms with E-state index in [2.05, 4.69) is 10.5 Å². The fraction of sp³-hybridized carbons (Fsp3) is 0.370. The van der Waals surface area contributed by atoms with Crippen molar-refractivity contribution in [1.82, 2.24) is 5.16 Å². The lowest BCUT2D eigenvalue weighted by Gasteiger charge is -2.51. The molecule has 1 aromatic heterocycles. The van der Waals surface area contributed by atoms with E-state index < -0.39 is 17.7 Å². The van der Waals surface area contributed by atoms with Crippen molar-refractivity contribution in [3.63, 3.8) is 0 Å². The molecule has 37 heavy (non-hydrogen) atoms. The van der Waals surface area contributed by atoms with E-state index in [1.807, 2.05) is 6.07 Å². The molecule has 2 atom stereocenters. The van der Waals surface area contributed by atoms with Crippen LogP contribution in [0, 0.1) is 12.8 Å². The first kappa shape index (κ1) is 27.3. The van der Waals surface area contributed by atoms with Crippen molar-refractivity contribution in [1.29, 1.82) is 0 Å². The molecule has 3 fully saturated rings. The smallest absolute Gasteiger partial charge is 0.348 e. The molecule has 3 aliphatic heterocycles. The maximum absolute atomic E-state index is 13.7. The van der Waals surface area contributed by atoms with E-state index >= 15 is 0 Å². The van der Waals surface area contributed by atoms with Gasteiger partial charge in [-0.3, -0.25) is 4.79 Å². The van der Waals surface area contributed by atoms with Gasteiger partial charge in [-0.2, -0.15) is 0 Å². The average molecular weight is 591 g/mol. The predicted molar refractivity (Wildman–Crippen MR) is 133 cm³/mol. The summed E-state index contributed by atoms with van der Waals surface area (Å²) < 4.78 is 11.6. The molecular weight excluding hydrogens is 562 g/mol. The molecule has 2 aromatic carbocycles. The highest BCUT2D eigenvalue weighted by Crippen LogP contribution is 2.39. The van der Waals surface area contributed by atoms with Crippen LogP contribution < -0.4 is 22.3 Å². The molecule has 0 aliphatic carbocycles. The Morgan fingerprint density at radius 2 is 1.84 bits per heavy atom. The number of piperidine rings is 3. The zero-order chi connectivity index (χ0) is 25.3. The van der Waals surface area contributed by atoms with Crippen molar-refractivity contribution in [2.24, 2.45) is 5.92 Å². The molecule has 3 aliphatic rings. The van der Waals surface area contributed by atoms with Crippen molar-refractivity contribution < 1.29 is 45.4 Å². The Hall–Kier alpha value is -2.72. The third-order valence-corrected chi connectivity index (χ3v) is 7.75. The number of rotatable bonds is 7. The SMILES string of the molecule is Cc1cc(NC(=O)C[N+]23CCC(CC2)[C@@H](OC(=O)C(O)(c2ccccc2)c2ccccc2Cl)C3)no1.[Br-]. The first-order valence-electron chi connectivity index (χ1n) is 12.1. The lowest BCUT2D eigenvalue weighted by Crippen LogP contribution is -3.00. The summed E-state index contributed by atoms with van der Waals surface area (Å²) in [7, 11) is 0. The summed E-state index contributed by atoms with van der Waals surface area (Å²) in [4.78, 5) is 26.5. The predicted octanol–water partition coefficient (Wildman–Crippen LogP) is 0.667. The van der Waals surface area contributed by atoms with Gasteiger partial charge >= 0.3 is 5.97 Å². The fourth-order valence-corrected chi connectivity index (χ4v) is 5.80. The number of anilines is 1. The number of aliphatic hydroxyl groups is 1. The van der Waals surface area contributed by atoms with Gasteiger partial charge in [0.25, 0.3) is 5.91 Å². The average Bonchev–Trinajstić information content (AvgIpc) is 3.28. The number of carbonyl (C=O) groups is 2. The van der Waals surface area contributed by atoms with Crippen LogP contribution >= 0.6 is 11.6 Å². The first-order chi connectivity index (χ1) is 17.3. The number of nitrogens with one attached hydrogen (secondary N) is 1. The fourth-order valence-electron chi connectivity index (χ4n) is 5.53. The van der Waals surface area contributed by atoms with Crippen LogP contribution in [0.4, 0.5) is 5.82 Å². The third-order valence-electron chi connectivity index (χ3n) is 7.42. The molecular formula is C27H29BrClN3O5. The van der Waals surface area contributed by atoms with E-state index in [1.165, 1.54) is 0 Å². The number of carbonyl (C=O) groups excluding carboxylic acids is 2. The summed E-state index contributed by atoms with van der Waals surface area (Å²) in [6.45, 7) is 4.18. The minimum absolute atomic E-state index is 0. The molecule has 4 heterocycles. The van der Waals surface area contributed by atoms with Crippen molar-refractivity contribution in [3.05, 3.63) is 82.6 Å². The molecule has 3 saturated heterocycles. The van der Waals surface area contributed by atoms with Crippen LogP contribution in [0.1, 0.15) is 29.7 Å². The van der Waals surface area contributed by atoms with Gasteiger partial charge in [0.15, 0.2) is 18.5 Å². The van der Waals surface area contributed by atoms with Crippen LogP contribution in [-0.4, -0.2) is 58.9 Å². The molecule has 3 aromatic rings. The number of hydrogen-bond donors (Lipinski definition) is 2. The standard InChI is InChI=1S/C27H28ClN3O5.BrH/c1-18-15-24(30-36-18)29-25(32)17-31-13-11-19(12-14-31)23(16-31)35-26(33)27(34,20-7-3-2-4-8-20)21-9-5-6-10-22(21)28;/h2-10,15,19,23,34H,11-14,16-17H2,1H3;1H/t19?,23-,27?,31?;/m0./s1. The number of aryl methyl sites for hydroxylation is 1. The number of halogens is 2. The largest absolute Gasteiger partial charge is 1.00 e. The number of amides is 1. The van der Waals surface area contributed by atoms with Gasteiger partial charge in [-0.25, -0.2) is 4.79 Å². The molecule has 0 spiro atoms. The van der Waals surface area contributed by atoms with E-state index in [9.17, 15) is 14.7 Å². The molecule has 1 amide bonds. The number of ether oxygens (including phenoxy) is 1. The number of benzene rings is 2. The zero-order valence-corrected chi connectivity index (χ0v) is 22.7. The second-order valence-electron chi connectivity index (χ2n) is 9.84. The quantitative estimate of drug-likeness (QED) is 0.310. The second-order valence-corrected chi connectivity index (χ2v) is 10.2. The van der Waals surface area contributed by atoms with Crippen LogP contribution in [0.2, 0.25) is 5.02 Å². The molecule has 196 valence electrons. The van der Waals surface area contributed by atoms with Gasteiger partial charge in [0.2, 0.25) is 5.60 Å². The van der Waals surface area contributed by atoms with Crippen LogP contribution in [0.15, 0.2) is 65.2 Å². The molecule has 2 bridgehead atoms. The molecule has 6 rings (SSSR count). The van der Waals surface area contributed by atoms with Gasteiger partial charge in [-0.1, -0.05) is 65.3 Å². The van der Waals surface area contributed by atoms with E-state index in [-0.39, 0.29) is 45.9 Å². The number of fused-ring (bicyclic) bond motifs is 3. The molecule has 10 heteroatoms. The van der Waals surface area contributed by atoms with Crippen molar-refractivity contribution in [3.8, 4) is 0 Å². The Kier molecular flexibility index (Phi) is 8.08. The summed E-state index contributed by atoms with van der Waals surface area (Å²) in [5.41, 5.74) is -1.40. The molecule has 2 N–H and O–H groups in total. The monoisotopic (exact) mass is 589 g/mol. The van der Waals surface area contributed by atoms with Gasteiger partial charge in [-0.15, -0.1) is 0 Å². The van der Waals surface area contributed by atoms with Gasteiger partial charge < -0.3 is 41.1 Å². The first-order valence-corrected chi connectivity index (χ1v) is 12.5. The Bertz CT molecular complexity index is 1260. The summed E-state index contributed by atoms with van der Waals surface area (Å²) in [6.07, 6.45) is 1.26. The third kappa shape index (κ3) is 5.45. The summed E-state index contributed by atoms with van der Waals surface area (Å²) in [5.74, 6) is 0.263. The van der Waals surface area contributed by atoms with Gasteiger partial charge in [0, 0.05) is 35.4 Å². The lowest BCUT2D eigenvalue weighted by atomic mass is 9.82. The number of esters is 1. The highest BCUT2D eigenvalue weighted by atomic mass is 79.9. The summed E-state index contributed by atoms with van der Waals surface area (Å²) in [5, 5.41) is 18.7. The normalized spacial score (nSPS) is 24.0. The van der Waals surface area contributed by atoms with Crippen molar-refractivity contribution in [2.45, 2.75) is 31.5 Å². The van der Waals surface area contributed by atoms with E-state index in [0.717, 1.165) is 25.9 Å². The molecule has 8 nitrogen and oxygen atoms in total. The number of nitrogens with zero attached hydrogens (tertiary/aromatic N) is 2. The Morgan fingerprint density at radius 1 is 1.16 bits per heavy atom. The Morgan fingerprint density at radius 3 is 2.49 bits per heavy atom. The second kappa shape index (κ2) is 10.9. The minimum Gasteiger partial charge on any atom is -1.00 e. The van der Waals surface area contributed by atoms with Crippen molar-refractivity contribution in [2.75, 3.05) is 31.5 Å². The Labute approximate surface area is 230 Å². The van der Waals surface area contributed by atoms with Gasteiger partial charge in [-0.05, 0) is 18.6 Å². The number of aromatic nitrogens is 1. The summed E-state index contributed by atoms with van der Waals surface area (Å²) in [6, 6.07) is 17.1. The van der Waals surface area contributed by atoms with Crippen LogP contribution in [0.5, 0.6) is 0 Å². The molecule has 0 radical (unpaired) electrons. The lowest BCUT2D eigenvalue weighted by molar-refractivity contribution is -0.939. The van der Waals surface area contributed by atoms with E-state index in [0.29, 0.717) is 28.2 Å². The van der Waals surface area contributed by atoms with Crippen LogP contribution in [-0.2, 0) is 19.9 Å². The zero-order valence-electron chi connectivity index (χ0n) is 20.4. The van der Waals surface area contributed by atoms with Crippen LogP contribution in [0.3, 0.4) is 0 Å². The highest BCUT2D eigenvalue weighted by Gasteiger charge is 2.51. The minimum atomic E-state index is -2.06. The van der Waals surface area contributed by atoms with Crippen molar-refractivity contribution >= 4 is 29.3 Å². The van der Waals surface area contributed by atoms with E-state index in [4.69, 9.17) is 20.9 Å². The van der Waals surface area contributed by atoms with E-state index in [1.54, 1.807) is 61.5 Å². The number of hydrogen-bond acceptors (Lipinski definition) is 6. The maximum atomic E-state index is 13.7.